The lowest BCUT2D eigenvalue weighted by atomic mass is 10.1. The number of amides is 2. The van der Waals surface area contributed by atoms with Gasteiger partial charge in [0.2, 0.25) is 11.8 Å². The summed E-state index contributed by atoms with van der Waals surface area (Å²) in [4.78, 5) is 47.1. The van der Waals surface area contributed by atoms with Gasteiger partial charge in [0, 0.05) is 0 Å². The van der Waals surface area contributed by atoms with Crippen LogP contribution in [0.4, 0.5) is 0 Å². The van der Waals surface area contributed by atoms with Crippen LogP contribution in [0.3, 0.4) is 0 Å². The molecule has 10 heteroatoms. The lowest BCUT2D eigenvalue weighted by Gasteiger charge is -2.22. The molecule has 1 rings (SSSR count). The van der Waals surface area contributed by atoms with Crippen LogP contribution in [0.2, 0.25) is 0 Å². The quantitative estimate of drug-likeness (QED) is 0.300. The fraction of sp³-hybridized carbons (Fsp3) is 0.733. The van der Waals surface area contributed by atoms with Crippen molar-refractivity contribution in [2.75, 3.05) is 13.2 Å². The number of carbonyl (C=O) groups excluding carboxylic acids is 3. The Labute approximate surface area is 145 Å². The maximum absolute atomic E-state index is 12.3. The predicted molar refractivity (Wildman–Crippen MR) is 85.5 cm³/mol. The van der Waals surface area contributed by atoms with Gasteiger partial charge in [0.1, 0.15) is 6.04 Å². The van der Waals surface area contributed by atoms with E-state index in [1.54, 1.807) is 13.8 Å². The molecule has 10 nitrogen and oxygen atoms in total. The van der Waals surface area contributed by atoms with Crippen molar-refractivity contribution in [3.8, 4) is 0 Å². The van der Waals surface area contributed by atoms with Crippen LogP contribution >= 0.6 is 0 Å². The zero-order chi connectivity index (χ0) is 19.0. The van der Waals surface area contributed by atoms with E-state index in [1.165, 1.54) is 0 Å². The number of aliphatic carboxylic acids is 1. The SMILES string of the molecule is CC(C)OC(=O)[C@@H](CO)NC(=O)[C@H](CC(=O)O)NC(=O)[C@H]1CCCN1. The number of aliphatic hydroxyl groups is 1. The van der Waals surface area contributed by atoms with E-state index in [4.69, 9.17) is 9.84 Å². The Bertz CT molecular complexity index is 503. The summed E-state index contributed by atoms with van der Waals surface area (Å²) in [5.41, 5.74) is 0. The Hall–Kier alpha value is -2.20. The molecule has 0 saturated carbocycles. The molecule has 0 aliphatic carbocycles. The third-order valence-electron chi connectivity index (χ3n) is 3.52. The highest BCUT2D eigenvalue weighted by Crippen LogP contribution is 2.06. The number of carbonyl (C=O) groups is 4. The first-order valence-electron chi connectivity index (χ1n) is 8.11. The number of hydrogen-bond acceptors (Lipinski definition) is 7. The van der Waals surface area contributed by atoms with Gasteiger partial charge >= 0.3 is 11.9 Å². The summed E-state index contributed by atoms with van der Waals surface area (Å²) >= 11 is 0. The van der Waals surface area contributed by atoms with Gasteiger partial charge in [-0.25, -0.2) is 4.79 Å². The van der Waals surface area contributed by atoms with Crippen LogP contribution in [-0.4, -0.2) is 71.3 Å². The van der Waals surface area contributed by atoms with Crippen molar-refractivity contribution in [1.29, 1.82) is 0 Å². The fourth-order valence-electron chi connectivity index (χ4n) is 2.33. The van der Waals surface area contributed by atoms with Gasteiger partial charge in [-0.15, -0.1) is 0 Å². The number of carboxylic acids is 1. The van der Waals surface area contributed by atoms with E-state index in [9.17, 15) is 24.3 Å². The van der Waals surface area contributed by atoms with Gasteiger partial charge in [-0.1, -0.05) is 0 Å². The van der Waals surface area contributed by atoms with Crippen molar-refractivity contribution < 1.29 is 34.1 Å². The molecule has 2 amide bonds. The number of ether oxygens (including phenoxy) is 1. The summed E-state index contributed by atoms with van der Waals surface area (Å²) in [6, 6.07) is -3.19. The van der Waals surface area contributed by atoms with Crippen molar-refractivity contribution >= 4 is 23.8 Å². The monoisotopic (exact) mass is 359 g/mol. The van der Waals surface area contributed by atoms with Crippen LogP contribution < -0.4 is 16.0 Å². The Morgan fingerprint density at radius 2 is 1.88 bits per heavy atom. The van der Waals surface area contributed by atoms with E-state index in [-0.39, 0.29) is 0 Å². The molecule has 5 N–H and O–H groups in total. The van der Waals surface area contributed by atoms with Gasteiger partial charge < -0.3 is 30.9 Å². The van der Waals surface area contributed by atoms with Gasteiger partial charge in [-0.3, -0.25) is 14.4 Å². The van der Waals surface area contributed by atoms with Crippen LogP contribution in [0.1, 0.15) is 33.1 Å². The van der Waals surface area contributed by atoms with E-state index in [0.717, 1.165) is 6.42 Å². The summed E-state index contributed by atoms with van der Waals surface area (Å²) in [5.74, 6) is -3.49. The smallest absolute Gasteiger partial charge is 0.331 e. The second kappa shape index (κ2) is 9.94. The second-order valence-corrected chi connectivity index (χ2v) is 6.04. The molecular weight excluding hydrogens is 334 g/mol. The highest BCUT2D eigenvalue weighted by molar-refractivity contribution is 5.94. The molecule has 0 spiro atoms. The fourth-order valence-corrected chi connectivity index (χ4v) is 2.33. The molecule has 1 saturated heterocycles. The van der Waals surface area contributed by atoms with E-state index in [0.29, 0.717) is 13.0 Å². The lowest BCUT2D eigenvalue weighted by molar-refractivity contribution is -0.152. The van der Waals surface area contributed by atoms with Crippen molar-refractivity contribution in [1.82, 2.24) is 16.0 Å². The first-order chi connectivity index (χ1) is 11.7. The Morgan fingerprint density at radius 3 is 2.36 bits per heavy atom. The zero-order valence-corrected chi connectivity index (χ0v) is 14.3. The highest BCUT2D eigenvalue weighted by Gasteiger charge is 2.31. The molecule has 0 bridgehead atoms. The molecule has 0 unspecified atom stereocenters. The Kier molecular flexibility index (Phi) is 8.29. The maximum atomic E-state index is 12.3. The average Bonchev–Trinajstić information content (AvgIpc) is 3.04. The summed E-state index contributed by atoms with van der Waals surface area (Å²) < 4.78 is 4.90. The van der Waals surface area contributed by atoms with Crippen molar-refractivity contribution in [2.24, 2.45) is 0 Å². The number of rotatable bonds is 9. The van der Waals surface area contributed by atoms with Crippen LogP contribution in [-0.2, 0) is 23.9 Å². The number of nitrogens with one attached hydrogen (secondary N) is 3. The number of hydrogen-bond donors (Lipinski definition) is 5. The van der Waals surface area contributed by atoms with Crippen molar-refractivity contribution in [3.05, 3.63) is 0 Å². The first-order valence-corrected chi connectivity index (χ1v) is 8.11. The van der Waals surface area contributed by atoms with Gasteiger partial charge in [-0.2, -0.15) is 0 Å². The highest BCUT2D eigenvalue weighted by atomic mass is 16.5. The average molecular weight is 359 g/mol. The largest absolute Gasteiger partial charge is 0.481 e. The third kappa shape index (κ3) is 7.06. The number of carboxylic acid groups (broad SMARTS) is 1. The second-order valence-electron chi connectivity index (χ2n) is 6.04. The lowest BCUT2D eigenvalue weighted by Crippen LogP contribution is -2.56. The van der Waals surface area contributed by atoms with E-state index in [1.807, 2.05) is 0 Å². The molecule has 0 aromatic carbocycles. The van der Waals surface area contributed by atoms with Crippen molar-refractivity contribution in [3.63, 3.8) is 0 Å². The predicted octanol–water partition coefficient (Wildman–Crippen LogP) is -1.87. The molecule has 0 aromatic rings. The summed E-state index contributed by atoms with van der Waals surface area (Å²) in [6.07, 6.45) is 0.303. The minimum absolute atomic E-state index is 0.443. The van der Waals surface area contributed by atoms with Crippen LogP contribution in [0, 0.1) is 0 Å². The molecule has 25 heavy (non-hydrogen) atoms. The number of aliphatic hydroxyl groups excluding tert-OH is 1. The van der Waals surface area contributed by atoms with Crippen LogP contribution in [0.15, 0.2) is 0 Å². The molecule has 3 atom stereocenters. The standard InChI is InChI=1S/C15H25N3O7/c1-8(2)25-15(24)11(7-19)18-14(23)10(6-12(20)21)17-13(22)9-4-3-5-16-9/h8-11,16,19H,3-7H2,1-2H3,(H,17,22)(H,18,23)(H,20,21)/t9-,10+,11-/m1/s1. The Balaban J connectivity index is 2.72. The molecule has 1 heterocycles. The van der Waals surface area contributed by atoms with Crippen LogP contribution in [0.25, 0.3) is 0 Å². The van der Waals surface area contributed by atoms with E-state index >= 15 is 0 Å². The minimum atomic E-state index is -1.37. The van der Waals surface area contributed by atoms with Gasteiger partial charge in [0.05, 0.1) is 25.2 Å². The summed E-state index contributed by atoms with van der Waals surface area (Å²) in [6.45, 7) is 3.17. The topological polar surface area (TPSA) is 154 Å². The Morgan fingerprint density at radius 1 is 1.20 bits per heavy atom. The molecule has 0 aromatic heterocycles. The van der Waals surface area contributed by atoms with Crippen molar-refractivity contribution in [2.45, 2.75) is 57.3 Å². The van der Waals surface area contributed by atoms with Gasteiger partial charge in [0.15, 0.2) is 6.04 Å². The summed E-state index contributed by atoms with van der Waals surface area (Å²) in [7, 11) is 0. The molecule has 1 aliphatic rings. The summed E-state index contributed by atoms with van der Waals surface area (Å²) in [5, 5.41) is 25.7. The molecule has 0 radical (unpaired) electrons. The van der Waals surface area contributed by atoms with Gasteiger partial charge in [-0.05, 0) is 33.2 Å². The first kappa shape index (κ1) is 20.8. The normalized spacial score (nSPS) is 19.1. The van der Waals surface area contributed by atoms with Gasteiger partial charge in [0.25, 0.3) is 0 Å². The van der Waals surface area contributed by atoms with E-state index in [2.05, 4.69) is 16.0 Å². The molecular formula is C15H25N3O7. The number of esters is 1. The molecule has 1 fully saturated rings. The van der Waals surface area contributed by atoms with E-state index < -0.39 is 61.0 Å². The maximum Gasteiger partial charge on any atom is 0.331 e. The third-order valence-corrected chi connectivity index (χ3v) is 3.52. The zero-order valence-electron chi connectivity index (χ0n) is 14.3. The van der Waals surface area contributed by atoms with Crippen LogP contribution in [0.5, 0.6) is 0 Å². The molecule has 1 aliphatic heterocycles. The molecule has 142 valence electrons. The minimum Gasteiger partial charge on any atom is -0.481 e.